The molecule has 42 heavy (non-hydrogen) atoms. The lowest BCUT2D eigenvalue weighted by molar-refractivity contribution is -0.128. The van der Waals surface area contributed by atoms with Crippen LogP contribution in [-0.4, -0.2) is 45.3 Å². The Labute approximate surface area is 243 Å². The molecule has 2 aromatic carbocycles. The average molecular weight is 579 g/mol. The molecule has 1 saturated carbocycles. The van der Waals surface area contributed by atoms with Gasteiger partial charge in [-0.15, -0.1) is 0 Å². The molecule has 222 valence electrons. The number of amides is 2. The van der Waals surface area contributed by atoms with Gasteiger partial charge in [-0.2, -0.15) is 0 Å². The molecule has 10 heteroatoms. The van der Waals surface area contributed by atoms with Crippen molar-refractivity contribution >= 4 is 12.0 Å². The first-order valence-electron chi connectivity index (χ1n) is 14.0. The molecule has 0 bridgehead atoms. The van der Waals surface area contributed by atoms with Crippen LogP contribution in [0.2, 0.25) is 0 Å². The highest BCUT2D eigenvalue weighted by Gasteiger charge is 2.39. The summed E-state index contributed by atoms with van der Waals surface area (Å²) in [5.41, 5.74) is 1.61. The number of nitrogens with zero attached hydrogens (tertiary/aromatic N) is 2. The van der Waals surface area contributed by atoms with E-state index in [1.54, 1.807) is 59.1 Å². The van der Waals surface area contributed by atoms with E-state index in [1.165, 1.54) is 27.7 Å². The summed E-state index contributed by atoms with van der Waals surface area (Å²) in [4.78, 5) is 38.1. The van der Waals surface area contributed by atoms with E-state index in [-0.39, 0.29) is 36.0 Å². The molecule has 0 atom stereocenters. The second-order valence-corrected chi connectivity index (χ2v) is 11.6. The van der Waals surface area contributed by atoms with Gasteiger partial charge in [-0.25, -0.2) is 14.1 Å². The number of aliphatic hydroxyl groups is 1. The van der Waals surface area contributed by atoms with Crippen molar-refractivity contribution < 1.29 is 33.3 Å². The van der Waals surface area contributed by atoms with E-state index in [1.807, 2.05) is 0 Å². The quantitative estimate of drug-likeness (QED) is 0.395. The normalized spacial score (nSPS) is 19.2. The second-order valence-electron chi connectivity index (χ2n) is 11.6. The molecule has 1 aliphatic carbocycles. The highest BCUT2D eigenvalue weighted by atomic mass is 19.1. The van der Waals surface area contributed by atoms with Crippen LogP contribution in [0.3, 0.4) is 0 Å². The number of cyclic esters (lactones) is 1. The number of hydrogen-bond acceptors (Lipinski definition) is 7. The number of hydrogen-bond donors (Lipinski definition) is 1. The molecule has 2 aliphatic rings. The van der Waals surface area contributed by atoms with Crippen LogP contribution in [0, 0.1) is 19.7 Å². The number of pyridine rings is 1. The zero-order valence-electron chi connectivity index (χ0n) is 24.4. The summed E-state index contributed by atoms with van der Waals surface area (Å²) < 4.78 is 33.1. The van der Waals surface area contributed by atoms with E-state index < -0.39 is 11.7 Å². The molecule has 2 heterocycles. The number of ether oxygens (including phenoxy) is 3. The Bertz CT molecular complexity index is 1560. The van der Waals surface area contributed by atoms with Gasteiger partial charge >= 0.3 is 6.09 Å². The van der Waals surface area contributed by atoms with Crippen molar-refractivity contribution in [3.8, 4) is 28.4 Å². The number of imide groups is 1. The third kappa shape index (κ3) is 5.90. The largest absolute Gasteiger partial charge is 0.490 e. The number of halogens is 1. The lowest BCUT2D eigenvalue weighted by atomic mass is 9.91. The summed E-state index contributed by atoms with van der Waals surface area (Å²) in [7, 11) is 1.64. The molecular formula is C32H35FN2O7. The predicted molar refractivity (Wildman–Crippen MR) is 153 cm³/mol. The van der Waals surface area contributed by atoms with Gasteiger partial charge in [-0.3, -0.25) is 9.59 Å². The monoisotopic (exact) mass is 578 g/mol. The van der Waals surface area contributed by atoms with E-state index in [2.05, 4.69) is 0 Å². The standard InChI is InChI=1S/C32H35FN2O7/c1-18-12-21(33)13-19(2)30(18)42-26-11-6-20(32(3,4)39)14-24(26)25-16-34(5)28(36)15-27(25)41-23-9-7-22(8-10-23)35-29(37)17-40-31(35)38/h6,11-16,22-23,39H,7-10,17H2,1-5H3/t22-,23-. The van der Waals surface area contributed by atoms with Crippen LogP contribution in [0.4, 0.5) is 9.18 Å². The first-order chi connectivity index (χ1) is 19.8. The summed E-state index contributed by atoms with van der Waals surface area (Å²) in [5, 5.41) is 10.8. The summed E-state index contributed by atoms with van der Waals surface area (Å²) >= 11 is 0. The molecule has 9 nitrogen and oxygen atoms in total. The Morgan fingerprint density at radius 2 is 1.62 bits per heavy atom. The van der Waals surface area contributed by atoms with Crippen LogP contribution >= 0.6 is 0 Å². The smallest absolute Gasteiger partial charge is 0.417 e. The van der Waals surface area contributed by atoms with Crippen molar-refractivity contribution in [3.05, 3.63) is 75.5 Å². The van der Waals surface area contributed by atoms with Crippen LogP contribution < -0.4 is 15.0 Å². The minimum absolute atomic E-state index is 0.225. The fraction of sp³-hybridized carbons (Fsp3) is 0.406. The molecule has 5 rings (SSSR count). The van der Waals surface area contributed by atoms with Crippen molar-refractivity contribution in [1.29, 1.82) is 0 Å². The number of benzene rings is 2. The van der Waals surface area contributed by atoms with Crippen molar-refractivity contribution in [1.82, 2.24) is 9.47 Å². The molecular weight excluding hydrogens is 543 g/mol. The first kappa shape index (κ1) is 29.3. The molecule has 2 amide bonds. The molecule has 1 aliphatic heterocycles. The first-order valence-corrected chi connectivity index (χ1v) is 14.0. The van der Waals surface area contributed by atoms with Gasteiger partial charge in [0.25, 0.3) is 11.5 Å². The summed E-state index contributed by atoms with van der Waals surface area (Å²) in [6, 6.07) is 9.30. The van der Waals surface area contributed by atoms with Gasteiger partial charge in [-0.1, -0.05) is 6.07 Å². The molecule has 0 radical (unpaired) electrons. The van der Waals surface area contributed by atoms with Gasteiger partial charge in [0.1, 0.15) is 23.1 Å². The van der Waals surface area contributed by atoms with E-state index in [9.17, 15) is 23.9 Å². The van der Waals surface area contributed by atoms with Crippen LogP contribution in [0.5, 0.6) is 17.2 Å². The third-order valence-corrected chi connectivity index (χ3v) is 7.89. The van der Waals surface area contributed by atoms with Crippen molar-refractivity contribution in [2.24, 2.45) is 7.05 Å². The minimum Gasteiger partial charge on any atom is -0.490 e. The number of rotatable bonds is 7. The number of aromatic nitrogens is 1. The molecule has 0 unspecified atom stereocenters. The second kappa shape index (κ2) is 11.2. The molecule has 1 N–H and O–H groups in total. The highest BCUT2D eigenvalue weighted by molar-refractivity contribution is 5.98. The van der Waals surface area contributed by atoms with Crippen LogP contribution in [0.1, 0.15) is 56.2 Å². The Kier molecular flexibility index (Phi) is 7.85. The lowest BCUT2D eigenvalue weighted by Gasteiger charge is -2.32. The zero-order valence-corrected chi connectivity index (χ0v) is 24.4. The van der Waals surface area contributed by atoms with E-state index in [0.29, 0.717) is 70.7 Å². The van der Waals surface area contributed by atoms with Crippen LogP contribution in [0.15, 0.2) is 47.4 Å². The van der Waals surface area contributed by atoms with Crippen molar-refractivity contribution in [3.63, 3.8) is 0 Å². The number of aryl methyl sites for hydroxylation is 3. The highest BCUT2D eigenvalue weighted by Crippen LogP contribution is 2.42. The van der Waals surface area contributed by atoms with Crippen LogP contribution in [-0.2, 0) is 22.2 Å². The van der Waals surface area contributed by atoms with E-state index in [0.717, 1.165) is 0 Å². The zero-order chi connectivity index (χ0) is 30.3. The van der Waals surface area contributed by atoms with Crippen LogP contribution in [0.25, 0.3) is 11.1 Å². The fourth-order valence-corrected chi connectivity index (χ4v) is 5.61. The average Bonchev–Trinajstić information content (AvgIpc) is 3.25. The Morgan fingerprint density at radius 1 is 0.952 bits per heavy atom. The number of carbonyl (C=O) groups excluding carboxylic acids is 2. The maximum absolute atomic E-state index is 14.0. The molecule has 1 saturated heterocycles. The number of carbonyl (C=O) groups is 2. The minimum atomic E-state index is -1.16. The van der Waals surface area contributed by atoms with E-state index >= 15 is 0 Å². The molecule has 3 aromatic rings. The van der Waals surface area contributed by atoms with Gasteiger partial charge in [0, 0.05) is 36.5 Å². The topological polar surface area (TPSA) is 107 Å². The molecule has 2 fully saturated rings. The van der Waals surface area contributed by atoms with Crippen molar-refractivity contribution in [2.45, 2.75) is 71.1 Å². The van der Waals surface area contributed by atoms with Gasteiger partial charge < -0.3 is 23.9 Å². The van der Waals surface area contributed by atoms with E-state index in [4.69, 9.17) is 14.2 Å². The molecule has 0 spiro atoms. The van der Waals surface area contributed by atoms with Gasteiger partial charge in [0.15, 0.2) is 6.61 Å². The molecule has 1 aromatic heterocycles. The lowest BCUT2D eigenvalue weighted by Crippen LogP contribution is -2.43. The Morgan fingerprint density at radius 3 is 2.21 bits per heavy atom. The summed E-state index contributed by atoms with van der Waals surface area (Å²) in [5.74, 6) is 0.616. The maximum Gasteiger partial charge on any atom is 0.417 e. The van der Waals surface area contributed by atoms with Crippen molar-refractivity contribution in [2.75, 3.05) is 6.61 Å². The third-order valence-electron chi connectivity index (χ3n) is 7.89. The fourth-order valence-electron chi connectivity index (χ4n) is 5.61. The van der Waals surface area contributed by atoms with Gasteiger partial charge in [0.2, 0.25) is 0 Å². The van der Waals surface area contributed by atoms with Gasteiger partial charge in [0.05, 0.1) is 11.7 Å². The summed E-state index contributed by atoms with van der Waals surface area (Å²) in [6.45, 7) is 6.67. The summed E-state index contributed by atoms with van der Waals surface area (Å²) in [6.07, 6.45) is 3.04. The Hall–Kier alpha value is -4.18. The SMILES string of the molecule is Cc1cc(F)cc(C)c1Oc1ccc(C(C)(C)O)cc1-c1cn(C)c(=O)cc1O[C@H]1CC[C@H](N2C(=O)COC2=O)CC1. The Balaban J connectivity index is 1.51. The van der Waals surface area contributed by atoms with Gasteiger partial charge in [-0.05, 0) is 94.3 Å². The predicted octanol–water partition coefficient (Wildman–Crippen LogP) is 5.50. The maximum atomic E-state index is 14.0.